The van der Waals surface area contributed by atoms with Crippen LogP contribution in [-0.2, 0) is 14.3 Å². The lowest BCUT2D eigenvalue weighted by Crippen LogP contribution is -2.46. The predicted molar refractivity (Wildman–Crippen MR) is 104 cm³/mol. The normalized spacial score (nSPS) is 23.0. The molecule has 1 fully saturated rings. The van der Waals surface area contributed by atoms with E-state index in [4.69, 9.17) is 16.3 Å². The molecule has 138 valence electrons. The van der Waals surface area contributed by atoms with Gasteiger partial charge in [-0.25, -0.2) is 4.79 Å². The molecule has 0 saturated carbocycles. The maximum absolute atomic E-state index is 13.1. The summed E-state index contributed by atoms with van der Waals surface area (Å²) in [4.78, 5) is 27.5. The number of fused-ring (bicyclic) bond motifs is 1. The minimum atomic E-state index is -0.385. The van der Waals surface area contributed by atoms with Gasteiger partial charge in [-0.05, 0) is 42.7 Å². The molecule has 5 nitrogen and oxygen atoms in total. The molecule has 0 aromatic heterocycles. The monoisotopic (exact) mass is 383 g/mol. The first-order valence-corrected chi connectivity index (χ1v) is 9.45. The number of nitrogens with zero attached hydrogens (tertiary/aromatic N) is 2. The van der Waals surface area contributed by atoms with E-state index in [0.717, 1.165) is 31.5 Å². The van der Waals surface area contributed by atoms with Crippen LogP contribution in [-0.4, -0.2) is 52.7 Å². The zero-order valence-corrected chi connectivity index (χ0v) is 15.6. The number of carbonyl (C=O) groups excluding carboxylic acids is 2. The van der Waals surface area contributed by atoms with Gasteiger partial charge in [-0.15, -0.1) is 4.58 Å². The molecule has 0 bridgehead atoms. The lowest BCUT2D eigenvalue weighted by Gasteiger charge is -2.23. The average Bonchev–Trinajstić information content (AvgIpc) is 3.20. The molecule has 1 aromatic carbocycles. The van der Waals surface area contributed by atoms with E-state index in [2.05, 4.69) is 0 Å². The van der Waals surface area contributed by atoms with Crippen molar-refractivity contribution in [1.82, 2.24) is 4.90 Å². The number of ether oxygens (including phenoxy) is 1. The Kier molecular flexibility index (Phi) is 4.94. The molecule has 1 aliphatic carbocycles. The summed E-state index contributed by atoms with van der Waals surface area (Å²) in [5.74, 6) is -0.132. The van der Waals surface area contributed by atoms with E-state index in [1.165, 1.54) is 4.58 Å². The van der Waals surface area contributed by atoms with Crippen LogP contribution < -0.4 is 0 Å². The van der Waals surface area contributed by atoms with Crippen LogP contribution in [0.25, 0.3) is 6.08 Å². The SMILES string of the molecule is O=C(C[N+]1=C2C=CC=CC2O/C(=C/c2cccc(Cl)c2)C1=O)N1CCCC1. The Bertz CT molecular complexity index is 908. The van der Waals surface area contributed by atoms with E-state index >= 15 is 0 Å². The summed E-state index contributed by atoms with van der Waals surface area (Å²) in [6.07, 6.45) is 10.8. The molecule has 1 unspecified atom stereocenters. The van der Waals surface area contributed by atoms with Gasteiger partial charge in [0.25, 0.3) is 5.91 Å². The molecule has 0 N–H and O–H groups in total. The second-order valence-electron chi connectivity index (χ2n) is 6.75. The molecule has 0 spiro atoms. The molecule has 2 amide bonds. The molecule has 1 aromatic rings. The Hall–Kier alpha value is -2.66. The molecule has 1 saturated heterocycles. The second kappa shape index (κ2) is 7.53. The van der Waals surface area contributed by atoms with E-state index in [9.17, 15) is 9.59 Å². The highest BCUT2D eigenvalue weighted by Crippen LogP contribution is 2.22. The first kappa shape index (κ1) is 17.7. The fraction of sp³-hybridized carbons (Fsp3) is 0.286. The zero-order valence-electron chi connectivity index (χ0n) is 14.8. The molecular weight excluding hydrogens is 364 g/mol. The van der Waals surface area contributed by atoms with Crippen LogP contribution in [0.5, 0.6) is 0 Å². The molecule has 3 aliphatic rings. The Balaban J connectivity index is 1.67. The van der Waals surface area contributed by atoms with E-state index in [0.29, 0.717) is 10.7 Å². The smallest absolute Gasteiger partial charge is 0.455 e. The van der Waals surface area contributed by atoms with Crippen molar-refractivity contribution >= 4 is 35.2 Å². The lowest BCUT2D eigenvalue weighted by molar-refractivity contribution is -0.444. The third-order valence-electron chi connectivity index (χ3n) is 4.88. The quantitative estimate of drug-likeness (QED) is 0.595. The van der Waals surface area contributed by atoms with Crippen LogP contribution in [0, 0.1) is 0 Å². The van der Waals surface area contributed by atoms with Crippen LogP contribution in [0.15, 0.2) is 54.3 Å². The predicted octanol–water partition coefficient (Wildman–Crippen LogP) is 2.81. The third kappa shape index (κ3) is 3.74. The maximum Gasteiger partial charge on any atom is 0.455 e. The number of hydrogen-bond acceptors (Lipinski definition) is 3. The highest BCUT2D eigenvalue weighted by Gasteiger charge is 2.41. The topological polar surface area (TPSA) is 49.6 Å². The number of rotatable bonds is 3. The van der Waals surface area contributed by atoms with Gasteiger partial charge in [-0.1, -0.05) is 35.9 Å². The van der Waals surface area contributed by atoms with Gasteiger partial charge in [-0.3, -0.25) is 4.79 Å². The lowest BCUT2D eigenvalue weighted by atomic mass is 10.1. The maximum atomic E-state index is 13.1. The van der Waals surface area contributed by atoms with Gasteiger partial charge in [0.15, 0.2) is 0 Å². The van der Waals surface area contributed by atoms with Gasteiger partial charge in [0.2, 0.25) is 24.1 Å². The van der Waals surface area contributed by atoms with Gasteiger partial charge in [0.05, 0.1) is 0 Å². The molecule has 1 atom stereocenters. The van der Waals surface area contributed by atoms with E-state index < -0.39 is 0 Å². The minimum absolute atomic E-state index is 0.0269. The highest BCUT2D eigenvalue weighted by molar-refractivity contribution is 6.30. The largest absolute Gasteiger partial charge is 0.465 e. The van der Waals surface area contributed by atoms with Crippen LogP contribution in [0.2, 0.25) is 5.02 Å². The Morgan fingerprint density at radius 1 is 1.30 bits per heavy atom. The molecule has 2 aliphatic heterocycles. The first-order valence-electron chi connectivity index (χ1n) is 9.07. The fourth-order valence-electron chi connectivity index (χ4n) is 3.50. The van der Waals surface area contributed by atoms with Crippen molar-refractivity contribution in [3.63, 3.8) is 0 Å². The minimum Gasteiger partial charge on any atom is -0.465 e. The summed E-state index contributed by atoms with van der Waals surface area (Å²) in [5.41, 5.74) is 1.47. The molecular formula is C21H20ClN2O3+. The number of amides is 2. The summed E-state index contributed by atoms with van der Waals surface area (Å²) in [7, 11) is 0. The average molecular weight is 384 g/mol. The standard InChI is InChI=1S/C21H20ClN2O3/c22-16-7-5-6-15(12-16)13-19-21(26)24(14-20(25)23-10-3-4-11-23)17-8-1-2-9-18(17)27-19/h1-2,5-9,12-13,18H,3-4,10-11,14H2/q+1/b19-13+. The van der Waals surface area contributed by atoms with Crippen molar-refractivity contribution in [3.8, 4) is 0 Å². The van der Waals surface area contributed by atoms with Crippen molar-refractivity contribution in [3.05, 3.63) is 64.9 Å². The van der Waals surface area contributed by atoms with Crippen LogP contribution in [0.1, 0.15) is 18.4 Å². The molecule has 0 radical (unpaired) electrons. The summed E-state index contributed by atoms with van der Waals surface area (Å²) in [6, 6.07) is 7.21. The van der Waals surface area contributed by atoms with Crippen molar-refractivity contribution in [2.75, 3.05) is 19.6 Å². The van der Waals surface area contributed by atoms with Crippen LogP contribution in [0.4, 0.5) is 0 Å². The number of allylic oxidation sites excluding steroid dienone is 2. The van der Waals surface area contributed by atoms with Gasteiger partial charge in [0, 0.05) is 24.2 Å². The van der Waals surface area contributed by atoms with Crippen LogP contribution in [0.3, 0.4) is 0 Å². The Morgan fingerprint density at radius 2 is 2.11 bits per heavy atom. The van der Waals surface area contributed by atoms with Gasteiger partial charge in [-0.2, -0.15) is 0 Å². The third-order valence-corrected chi connectivity index (χ3v) is 5.11. The van der Waals surface area contributed by atoms with E-state index in [1.807, 2.05) is 41.3 Å². The summed E-state index contributed by atoms with van der Waals surface area (Å²) >= 11 is 6.04. The Labute approximate surface area is 162 Å². The molecule has 27 heavy (non-hydrogen) atoms. The molecule has 2 heterocycles. The fourth-order valence-corrected chi connectivity index (χ4v) is 3.70. The summed E-state index contributed by atoms with van der Waals surface area (Å²) in [6.45, 7) is 1.55. The van der Waals surface area contributed by atoms with Crippen molar-refractivity contribution in [1.29, 1.82) is 0 Å². The van der Waals surface area contributed by atoms with Crippen molar-refractivity contribution in [2.24, 2.45) is 0 Å². The summed E-state index contributed by atoms with van der Waals surface area (Å²) in [5, 5.41) is 0.585. The summed E-state index contributed by atoms with van der Waals surface area (Å²) < 4.78 is 7.44. The number of benzene rings is 1. The molecule has 6 heteroatoms. The Morgan fingerprint density at radius 3 is 2.89 bits per heavy atom. The number of likely N-dealkylation sites (tertiary alicyclic amines) is 1. The van der Waals surface area contributed by atoms with Crippen molar-refractivity contribution < 1.29 is 18.9 Å². The highest BCUT2D eigenvalue weighted by atomic mass is 35.5. The molecule has 4 rings (SSSR count). The van der Waals surface area contributed by atoms with E-state index in [1.54, 1.807) is 18.2 Å². The van der Waals surface area contributed by atoms with Crippen molar-refractivity contribution in [2.45, 2.75) is 18.9 Å². The number of halogens is 1. The van der Waals surface area contributed by atoms with Gasteiger partial charge < -0.3 is 9.64 Å². The number of hydrogen-bond donors (Lipinski definition) is 0. The van der Waals surface area contributed by atoms with Gasteiger partial charge >= 0.3 is 5.91 Å². The van der Waals surface area contributed by atoms with Gasteiger partial charge in [0.1, 0.15) is 0 Å². The van der Waals surface area contributed by atoms with E-state index in [-0.39, 0.29) is 30.2 Å². The van der Waals surface area contributed by atoms with Crippen LogP contribution >= 0.6 is 11.6 Å². The zero-order chi connectivity index (χ0) is 18.8. The number of carbonyl (C=O) groups is 2. The second-order valence-corrected chi connectivity index (χ2v) is 7.19. The first-order chi connectivity index (χ1) is 13.1.